The van der Waals surface area contributed by atoms with Crippen LogP contribution in [0.5, 0.6) is 5.75 Å². The zero-order valence-corrected chi connectivity index (χ0v) is 10.6. The number of rotatable bonds is 5. The highest BCUT2D eigenvalue weighted by atomic mass is 32.2. The summed E-state index contributed by atoms with van der Waals surface area (Å²) in [4.78, 5) is 0. The quantitative estimate of drug-likeness (QED) is 0.816. The van der Waals surface area contributed by atoms with Gasteiger partial charge in [0, 0.05) is 0 Å². The third kappa shape index (κ3) is 2.86. The van der Waals surface area contributed by atoms with Crippen molar-refractivity contribution in [1.29, 1.82) is 0 Å². The highest BCUT2D eigenvalue weighted by Gasteiger charge is 2.20. The monoisotopic (exact) mass is 268 g/mol. The van der Waals surface area contributed by atoms with Crippen LogP contribution in [0.25, 0.3) is 0 Å². The minimum Gasteiger partial charge on any atom is -0.484 e. The topological polar surface area (TPSA) is 82.3 Å². The first-order valence-electron chi connectivity index (χ1n) is 5.35. The summed E-state index contributed by atoms with van der Waals surface area (Å²) in [5.74, 6) is 0.704. The van der Waals surface area contributed by atoms with Gasteiger partial charge in [-0.15, -0.1) is 5.10 Å². The third-order valence-electron chi connectivity index (χ3n) is 2.20. The van der Waals surface area contributed by atoms with E-state index in [2.05, 4.69) is 10.2 Å². The molecule has 0 N–H and O–H groups in total. The maximum absolute atomic E-state index is 11.5. The van der Waals surface area contributed by atoms with Gasteiger partial charge in [-0.3, -0.25) is 0 Å². The standard InChI is InChI=1S/C11H12N2O4S/c1-2-18(14,15)11-13-12-10(17-11)8-16-9-6-4-3-5-7-9/h3-7H,2,8H2,1H3. The molecule has 0 radical (unpaired) electrons. The molecule has 0 bridgehead atoms. The van der Waals surface area contributed by atoms with Crippen LogP contribution in [-0.2, 0) is 16.4 Å². The van der Waals surface area contributed by atoms with E-state index in [4.69, 9.17) is 9.15 Å². The molecule has 1 heterocycles. The zero-order chi connectivity index (χ0) is 13.0. The van der Waals surface area contributed by atoms with Gasteiger partial charge in [0.1, 0.15) is 5.75 Å². The Morgan fingerprint density at radius 3 is 2.61 bits per heavy atom. The molecule has 0 saturated carbocycles. The van der Waals surface area contributed by atoms with Crippen molar-refractivity contribution in [1.82, 2.24) is 10.2 Å². The van der Waals surface area contributed by atoms with E-state index in [1.807, 2.05) is 18.2 Å². The molecule has 2 rings (SSSR count). The lowest BCUT2D eigenvalue weighted by molar-refractivity contribution is 0.250. The van der Waals surface area contributed by atoms with Gasteiger partial charge in [-0.2, -0.15) is 0 Å². The molecule has 0 unspecified atom stereocenters. The van der Waals surface area contributed by atoms with Crippen LogP contribution in [0.2, 0.25) is 0 Å². The molecule has 0 spiro atoms. The maximum Gasteiger partial charge on any atom is 0.335 e. The largest absolute Gasteiger partial charge is 0.484 e. The Kier molecular flexibility index (Phi) is 3.61. The maximum atomic E-state index is 11.5. The van der Waals surface area contributed by atoms with Crippen molar-refractivity contribution in [2.45, 2.75) is 18.8 Å². The van der Waals surface area contributed by atoms with Crippen LogP contribution in [-0.4, -0.2) is 24.4 Å². The van der Waals surface area contributed by atoms with Crippen LogP contribution < -0.4 is 4.74 Å². The normalized spacial score (nSPS) is 11.4. The molecule has 0 amide bonds. The van der Waals surface area contributed by atoms with E-state index < -0.39 is 9.84 Å². The number of hydrogen-bond acceptors (Lipinski definition) is 6. The SMILES string of the molecule is CCS(=O)(=O)c1nnc(COc2ccccc2)o1. The Bertz CT molecular complexity index is 607. The van der Waals surface area contributed by atoms with Crippen molar-refractivity contribution in [2.24, 2.45) is 0 Å². The average molecular weight is 268 g/mol. The van der Waals surface area contributed by atoms with E-state index in [-0.39, 0.29) is 23.5 Å². The minimum absolute atomic E-state index is 0.0379. The molecule has 0 saturated heterocycles. The second-order valence-corrected chi connectivity index (χ2v) is 5.62. The molecule has 0 aliphatic carbocycles. The van der Waals surface area contributed by atoms with Gasteiger partial charge in [0.05, 0.1) is 5.75 Å². The molecule has 1 aromatic carbocycles. The number of sulfone groups is 1. The molecular weight excluding hydrogens is 256 g/mol. The predicted molar refractivity (Wildman–Crippen MR) is 62.8 cm³/mol. The van der Waals surface area contributed by atoms with Crippen LogP contribution in [0.3, 0.4) is 0 Å². The Morgan fingerprint density at radius 1 is 1.22 bits per heavy atom. The van der Waals surface area contributed by atoms with Gasteiger partial charge in [0.2, 0.25) is 9.84 Å². The smallest absolute Gasteiger partial charge is 0.335 e. The number of ether oxygens (including phenoxy) is 1. The Hall–Kier alpha value is -1.89. The molecular formula is C11H12N2O4S. The fourth-order valence-corrected chi connectivity index (χ4v) is 1.84. The number of nitrogens with zero attached hydrogens (tertiary/aromatic N) is 2. The number of para-hydroxylation sites is 1. The van der Waals surface area contributed by atoms with Gasteiger partial charge in [0.25, 0.3) is 5.89 Å². The van der Waals surface area contributed by atoms with E-state index in [1.54, 1.807) is 12.1 Å². The summed E-state index contributed by atoms with van der Waals surface area (Å²) in [6, 6.07) is 9.08. The first kappa shape index (κ1) is 12.6. The van der Waals surface area contributed by atoms with Crippen LogP contribution in [0.1, 0.15) is 12.8 Å². The van der Waals surface area contributed by atoms with Crippen molar-refractivity contribution in [2.75, 3.05) is 5.75 Å². The first-order valence-corrected chi connectivity index (χ1v) is 7.00. The van der Waals surface area contributed by atoms with Crippen molar-refractivity contribution in [3.05, 3.63) is 36.2 Å². The predicted octanol–water partition coefficient (Wildman–Crippen LogP) is 1.44. The highest BCUT2D eigenvalue weighted by Crippen LogP contribution is 2.13. The Labute approximate surface area is 105 Å². The van der Waals surface area contributed by atoms with E-state index in [9.17, 15) is 8.42 Å². The minimum atomic E-state index is -3.46. The van der Waals surface area contributed by atoms with Crippen molar-refractivity contribution in [3.8, 4) is 5.75 Å². The summed E-state index contributed by atoms with van der Waals surface area (Å²) >= 11 is 0. The molecule has 0 aliphatic rings. The molecule has 0 fully saturated rings. The van der Waals surface area contributed by atoms with E-state index in [0.717, 1.165) is 0 Å². The van der Waals surface area contributed by atoms with Gasteiger partial charge in [-0.25, -0.2) is 8.42 Å². The summed E-state index contributed by atoms with van der Waals surface area (Å²) in [6.07, 6.45) is 0. The van der Waals surface area contributed by atoms with Crippen LogP contribution >= 0.6 is 0 Å². The lowest BCUT2D eigenvalue weighted by atomic mass is 10.3. The average Bonchev–Trinajstić information content (AvgIpc) is 2.87. The van der Waals surface area contributed by atoms with Gasteiger partial charge in [-0.05, 0) is 12.1 Å². The van der Waals surface area contributed by atoms with E-state index in [1.165, 1.54) is 6.92 Å². The number of hydrogen-bond donors (Lipinski definition) is 0. The van der Waals surface area contributed by atoms with Gasteiger partial charge < -0.3 is 9.15 Å². The summed E-state index contributed by atoms with van der Waals surface area (Å²) in [5.41, 5.74) is 0. The molecule has 18 heavy (non-hydrogen) atoms. The summed E-state index contributed by atoms with van der Waals surface area (Å²) < 4.78 is 33.3. The van der Waals surface area contributed by atoms with E-state index >= 15 is 0 Å². The summed E-state index contributed by atoms with van der Waals surface area (Å²) in [7, 11) is -3.46. The second kappa shape index (κ2) is 5.18. The first-order chi connectivity index (χ1) is 8.62. The molecule has 96 valence electrons. The van der Waals surface area contributed by atoms with E-state index in [0.29, 0.717) is 5.75 Å². The number of aromatic nitrogens is 2. The van der Waals surface area contributed by atoms with Crippen molar-refractivity contribution in [3.63, 3.8) is 0 Å². The molecule has 2 aromatic rings. The summed E-state index contributed by atoms with van der Waals surface area (Å²) in [5, 5.41) is 6.75. The highest BCUT2D eigenvalue weighted by molar-refractivity contribution is 7.91. The third-order valence-corrected chi connectivity index (χ3v) is 3.66. The molecule has 6 nitrogen and oxygen atoms in total. The summed E-state index contributed by atoms with van der Waals surface area (Å²) in [6.45, 7) is 1.55. The lowest BCUT2D eigenvalue weighted by Crippen LogP contribution is -2.03. The molecule has 0 atom stereocenters. The van der Waals surface area contributed by atoms with Crippen LogP contribution in [0, 0.1) is 0 Å². The fourth-order valence-electron chi connectivity index (χ4n) is 1.21. The Morgan fingerprint density at radius 2 is 1.94 bits per heavy atom. The molecule has 7 heteroatoms. The fraction of sp³-hybridized carbons (Fsp3) is 0.273. The van der Waals surface area contributed by atoms with Gasteiger partial charge in [-0.1, -0.05) is 30.2 Å². The number of benzene rings is 1. The molecule has 0 aliphatic heterocycles. The Balaban J connectivity index is 2.04. The molecule has 1 aromatic heterocycles. The van der Waals surface area contributed by atoms with Gasteiger partial charge in [0.15, 0.2) is 6.61 Å². The van der Waals surface area contributed by atoms with Gasteiger partial charge >= 0.3 is 5.22 Å². The van der Waals surface area contributed by atoms with Crippen molar-refractivity contribution >= 4 is 9.84 Å². The zero-order valence-electron chi connectivity index (χ0n) is 9.74. The lowest BCUT2D eigenvalue weighted by Gasteiger charge is -2.01. The van der Waals surface area contributed by atoms with Crippen molar-refractivity contribution < 1.29 is 17.6 Å². The van der Waals surface area contributed by atoms with Crippen LogP contribution in [0.4, 0.5) is 0 Å². The van der Waals surface area contributed by atoms with Crippen LogP contribution in [0.15, 0.2) is 40.0 Å². The second-order valence-electron chi connectivity index (χ2n) is 3.47.